The number of halogens is 1. The molecule has 0 atom stereocenters. The van der Waals surface area contributed by atoms with E-state index in [4.69, 9.17) is 21.7 Å². The first-order chi connectivity index (χ1) is 10.4. The zero-order valence-corrected chi connectivity index (χ0v) is 15.0. The SMILES string of the molecule is CCOc1cc(/C=C2\SC(=S)NC2=O)cc(Br)c1OC(C)=O. The summed E-state index contributed by atoms with van der Waals surface area (Å²) in [7, 11) is 0. The minimum atomic E-state index is -0.441. The molecule has 22 heavy (non-hydrogen) atoms. The highest BCUT2D eigenvalue weighted by Crippen LogP contribution is 2.38. The summed E-state index contributed by atoms with van der Waals surface area (Å²) in [6, 6.07) is 3.44. The van der Waals surface area contributed by atoms with Crippen LogP contribution in [0.25, 0.3) is 6.08 Å². The molecule has 1 N–H and O–H groups in total. The number of hydrogen-bond acceptors (Lipinski definition) is 6. The summed E-state index contributed by atoms with van der Waals surface area (Å²) in [6.45, 7) is 3.56. The van der Waals surface area contributed by atoms with Crippen molar-refractivity contribution in [2.24, 2.45) is 0 Å². The highest BCUT2D eigenvalue weighted by atomic mass is 79.9. The first-order valence-corrected chi connectivity index (χ1v) is 8.32. The molecule has 0 spiro atoms. The molecule has 1 aromatic rings. The summed E-state index contributed by atoms with van der Waals surface area (Å²) in [5.74, 6) is 0.0671. The molecule has 0 aliphatic carbocycles. The first-order valence-electron chi connectivity index (χ1n) is 6.30. The Balaban J connectivity index is 2.42. The standard InChI is InChI=1S/C14H12BrNO4S2/c1-3-19-10-5-8(4-9(15)12(10)20-7(2)17)6-11-13(18)16-14(21)22-11/h4-6H,3H2,1-2H3,(H,16,18,21)/b11-6-. The molecule has 1 heterocycles. The number of thiocarbonyl (C=S) groups is 1. The van der Waals surface area contributed by atoms with Crippen LogP contribution in [0.1, 0.15) is 19.4 Å². The van der Waals surface area contributed by atoms with E-state index < -0.39 is 5.97 Å². The van der Waals surface area contributed by atoms with Crippen LogP contribution in [0.4, 0.5) is 0 Å². The smallest absolute Gasteiger partial charge is 0.308 e. The number of esters is 1. The summed E-state index contributed by atoms with van der Waals surface area (Å²) in [5, 5.41) is 2.55. The van der Waals surface area contributed by atoms with Gasteiger partial charge in [-0.05, 0) is 46.6 Å². The fraction of sp³-hybridized carbons (Fsp3) is 0.214. The maximum Gasteiger partial charge on any atom is 0.308 e. The second kappa shape index (κ2) is 7.26. The molecule has 1 fully saturated rings. The Hall–Kier alpha value is -1.38. The average molecular weight is 402 g/mol. The van der Waals surface area contributed by atoms with Crippen molar-refractivity contribution in [3.8, 4) is 11.5 Å². The minimum absolute atomic E-state index is 0.229. The highest BCUT2D eigenvalue weighted by molar-refractivity contribution is 9.10. The zero-order valence-electron chi connectivity index (χ0n) is 11.8. The van der Waals surface area contributed by atoms with E-state index in [-0.39, 0.29) is 5.91 Å². The van der Waals surface area contributed by atoms with Crippen LogP contribution in [0.15, 0.2) is 21.5 Å². The molecule has 2 rings (SSSR count). The zero-order chi connectivity index (χ0) is 16.3. The maximum absolute atomic E-state index is 11.7. The highest BCUT2D eigenvalue weighted by Gasteiger charge is 2.22. The second-order valence-corrected chi connectivity index (χ2v) is 6.78. The van der Waals surface area contributed by atoms with Crippen LogP contribution in [0, 0.1) is 0 Å². The van der Waals surface area contributed by atoms with E-state index in [1.165, 1.54) is 18.7 Å². The van der Waals surface area contributed by atoms with Crippen molar-refractivity contribution in [2.75, 3.05) is 6.61 Å². The topological polar surface area (TPSA) is 64.6 Å². The van der Waals surface area contributed by atoms with E-state index in [0.29, 0.717) is 31.8 Å². The first kappa shape index (κ1) is 17.0. The predicted octanol–water partition coefficient (Wildman–Crippen LogP) is 3.26. The lowest BCUT2D eigenvalue weighted by Gasteiger charge is -2.12. The van der Waals surface area contributed by atoms with Gasteiger partial charge in [-0.25, -0.2) is 0 Å². The van der Waals surface area contributed by atoms with E-state index in [9.17, 15) is 9.59 Å². The number of carbonyl (C=O) groups excluding carboxylic acids is 2. The summed E-state index contributed by atoms with van der Waals surface area (Å²) in [4.78, 5) is 23.4. The van der Waals surface area contributed by atoms with Crippen LogP contribution in [0.5, 0.6) is 11.5 Å². The second-order valence-electron chi connectivity index (χ2n) is 4.21. The monoisotopic (exact) mass is 401 g/mol. The van der Waals surface area contributed by atoms with Gasteiger partial charge in [-0.1, -0.05) is 24.0 Å². The van der Waals surface area contributed by atoms with Gasteiger partial charge in [0.2, 0.25) is 0 Å². The quantitative estimate of drug-likeness (QED) is 0.361. The van der Waals surface area contributed by atoms with Gasteiger partial charge in [-0.3, -0.25) is 9.59 Å². The summed E-state index contributed by atoms with van der Waals surface area (Å²) >= 11 is 9.50. The lowest BCUT2D eigenvalue weighted by molar-refractivity contribution is -0.132. The van der Waals surface area contributed by atoms with Crippen molar-refractivity contribution in [3.05, 3.63) is 27.1 Å². The van der Waals surface area contributed by atoms with Crippen molar-refractivity contribution in [2.45, 2.75) is 13.8 Å². The van der Waals surface area contributed by atoms with Crippen LogP contribution in [0.2, 0.25) is 0 Å². The molecule has 8 heteroatoms. The van der Waals surface area contributed by atoms with Crippen LogP contribution < -0.4 is 14.8 Å². The normalized spacial score (nSPS) is 15.9. The van der Waals surface area contributed by atoms with Gasteiger partial charge in [0, 0.05) is 6.92 Å². The molecular formula is C14H12BrNO4S2. The molecule has 0 saturated carbocycles. The van der Waals surface area contributed by atoms with E-state index >= 15 is 0 Å². The molecule has 1 saturated heterocycles. The minimum Gasteiger partial charge on any atom is -0.490 e. The lowest BCUT2D eigenvalue weighted by Crippen LogP contribution is -2.17. The Labute approximate surface area is 145 Å². The van der Waals surface area contributed by atoms with Crippen LogP contribution in [-0.4, -0.2) is 22.8 Å². The van der Waals surface area contributed by atoms with E-state index in [0.717, 1.165) is 5.56 Å². The number of nitrogens with one attached hydrogen (secondary N) is 1. The van der Waals surface area contributed by atoms with E-state index in [2.05, 4.69) is 21.2 Å². The van der Waals surface area contributed by atoms with Gasteiger partial charge in [0.25, 0.3) is 5.91 Å². The Morgan fingerprint density at radius 3 is 2.77 bits per heavy atom. The Bertz CT molecular complexity index is 688. The number of ether oxygens (including phenoxy) is 2. The number of carbonyl (C=O) groups is 2. The molecule has 1 aromatic carbocycles. The van der Waals surface area contributed by atoms with Crippen LogP contribution in [0.3, 0.4) is 0 Å². The van der Waals surface area contributed by atoms with Crippen LogP contribution in [-0.2, 0) is 9.59 Å². The van der Waals surface area contributed by atoms with Gasteiger partial charge in [0.15, 0.2) is 11.5 Å². The maximum atomic E-state index is 11.7. The molecule has 0 radical (unpaired) electrons. The molecule has 1 aliphatic rings. The molecule has 116 valence electrons. The lowest BCUT2D eigenvalue weighted by atomic mass is 10.2. The average Bonchev–Trinajstić information content (AvgIpc) is 2.72. The van der Waals surface area contributed by atoms with Gasteiger partial charge in [0.05, 0.1) is 16.0 Å². The number of amides is 1. The fourth-order valence-corrected chi connectivity index (χ4v) is 3.33. The Kier molecular flexibility index (Phi) is 5.60. The third kappa shape index (κ3) is 4.08. The third-order valence-electron chi connectivity index (χ3n) is 2.52. The Morgan fingerprint density at radius 2 is 2.23 bits per heavy atom. The molecule has 1 aliphatic heterocycles. The van der Waals surface area contributed by atoms with Crippen LogP contribution >= 0.6 is 39.9 Å². The van der Waals surface area contributed by atoms with Crippen molar-refractivity contribution in [1.82, 2.24) is 5.32 Å². The summed E-state index contributed by atoms with van der Waals surface area (Å²) in [6.07, 6.45) is 1.70. The molecule has 0 bridgehead atoms. The number of hydrogen-bond donors (Lipinski definition) is 1. The molecule has 0 aromatic heterocycles. The molecule has 5 nitrogen and oxygen atoms in total. The van der Waals surface area contributed by atoms with Crippen molar-refractivity contribution in [3.63, 3.8) is 0 Å². The van der Waals surface area contributed by atoms with E-state index in [1.807, 2.05) is 6.92 Å². The third-order valence-corrected chi connectivity index (χ3v) is 4.27. The van der Waals surface area contributed by atoms with Crippen molar-refractivity contribution >= 4 is 62.2 Å². The molecule has 0 unspecified atom stereocenters. The van der Waals surface area contributed by atoms with Gasteiger partial charge in [-0.2, -0.15) is 0 Å². The summed E-state index contributed by atoms with van der Waals surface area (Å²) in [5.41, 5.74) is 0.730. The van der Waals surface area contributed by atoms with E-state index in [1.54, 1.807) is 18.2 Å². The van der Waals surface area contributed by atoms with Gasteiger partial charge >= 0.3 is 5.97 Å². The number of rotatable bonds is 4. The van der Waals surface area contributed by atoms with Crippen molar-refractivity contribution < 1.29 is 19.1 Å². The number of thioether (sulfide) groups is 1. The Morgan fingerprint density at radius 1 is 1.50 bits per heavy atom. The van der Waals surface area contributed by atoms with Gasteiger partial charge in [-0.15, -0.1) is 0 Å². The van der Waals surface area contributed by atoms with Crippen molar-refractivity contribution in [1.29, 1.82) is 0 Å². The fourth-order valence-electron chi connectivity index (χ4n) is 1.75. The van der Waals surface area contributed by atoms with Gasteiger partial charge < -0.3 is 14.8 Å². The predicted molar refractivity (Wildman–Crippen MR) is 92.9 cm³/mol. The summed E-state index contributed by atoms with van der Waals surface area (Å²) < 4.78 is 11.6. The molecular weight excluding hydrogens is 390 g/mol. The van der Waals surface area contributed by atoms with Gasteiger partial charge in [0.1, 0.15) is 4.32 Å². The molecule has 1 amide bonds. The largest absolute Gasteiger partial charge is 0.490 e. The number of benzene rings is 1.